The predicted molar refractivity (Wildman–Crippen MR) is 125 cm³/mol. The summed E-state index contributed by atoms with van der Waals surface area (Å²) < 4.78 is 16.4. The molecule has 174 valence electrons. The molecular formula is C26H29NO6. The van der Waals surface area contributed by atoms with Gasteiger partial charge in [0.15, 0.2) is 0 Å². The molecule has 1 aliphatic rings. The summed E-state index contributed by atoms with van der Waals surface area (Å²) in [5.41, 5.74) is 1.10. The van der Waals surface area contributed by atoms with E-state index in [1.807, 2.05) is 6.92 Å². The molecule has 0 bridgehead atoms. The van der Waals surface area contributed by atoms with Gasteiger partial charge in [-0.05, 0) is 48.4 Å². The summed E-state index contributed by atoms with van der Waals surface area (Å²) >= 11 is 0. The molecule has 1 saturated heterocycles. The lowest BCUT2D eigenvalue weighted by molar-refractivity contribution is -0.140. The molecule has 0 aromatic heterocycles. The minimum absolute atomic E-state index is 0.0270. The second-order valence-corrected chi connectivity index (χ2v) is 7.53. The van der Waals surface area contributed by atoms with E-state index in [9.17, 15) is 14.7 Å². The molecule has 2 aromatic rings. The molecule has 1 N–H and O–H groups in total. The van der Waals surface area contributed by atoms with Crippen LogP contribution in [0.15, 0.2) is 66.8 Å². The number of benzene rings is 2. The summed E-state index contributed by atoms with van der Waals surface area (Å²) in [6.45, 7) is 7.01. The fourth-order valence-corrected chi connectivity index (χ4v) is 3.66. The average Bonchev–Trinajstić information content (AvgIpc) is 3.09. The molecule has 0 saturated carbocycles. The van der Waals surface area contributed by atoms with Crippen molar-refractivity contribution < 1.29 is 28.9 Å². The van der Waals surface area contributed by atoms with Gasteiger partial charge in [-0.1, -0.05) is 31.7 Å². The Bertz CT molecular complexity index is 1030. The summed E-state index contributed by atoms with van der Waals surface area (Å²) in [4.78, 5) is 27.3. The Balaban J connectivity index is 2.05. The monoisotopic (exact) mass is 451 g/mol. The number of Topliss-reactive ketones (excluding diaryl/α,β-unsaturated/α-hetero) is 1. The van der Waals surface area contributed by atoms with Gasteiger partial charge >= 0.3 is 0 Å². The Labute approximate surface area is 193 Å². The van der Waals surface area contributed by atoms with Crippen molar-refractivity contribution in [3.8, 4) is 11.5 Å². The number of amides is 1. The Morgan fingerprint density at radius 2 is 1.85 bits per heavy atom. The largest absolute Gasteiger partial charge is 0.507 e. The van der Waals surface area contributed by atoms with Crippen molar-refractivity contribution in [2.24, 2.45) is 0 Å². The van der Waals surface area contributed by atoms with E-state index in [0.29, 0.717) is 35.8 Å². The third-order valence-corrected chi connectivity index (χ3v) is 5.22. The summed E-state index contributed by atoms with van der Waals surface area (Å²) in [5.74, 6) is -0.423. The molecule has 3 rings (SSSR count). The summed E-state index contributed by atoms with van der Waals surface area (Å²) in [7, 11) is 1.53. The summed E-state index contributed by atoms with van der Waals surface area (Å²) in [6.07, 6.45) is 2.51. The third kappa shape index (κ3) is 5.43. The number of carbonyl (C=O) groups excluding carboxylic acids is 2. The van der Waals surface area contributed by atoms with Crippen LogP contribution in [0.5, 0.6) is 11.5 Å². The number of carbonyl (C=O) groups is 2. The minimum Gasteiger partial charge on any atom is -0.507 e. The smallest absolute Gasteiger partial charge is 0.295 e. The van der Waals surface area contributed by atoms with Crippen molar-refractivity contribution in [1.82, 2.24) is 4.90 Å². The zero-order valence-corrected chi connectivity index (χ0v) is 19.0. The fourth-order valence-electron chi connectivity index (χ4n) is 3.66. The molecule has 1 amide bonds. The molecule has 7 heteroatoms. The first-order valence-corrected chi connectivity index (χ1v) is 10.9. The Kier molecular flexibility index (Phi) is 8.27. The van der Waals surface area contributed by atoms with Gasteiger partial charge in [0.1, 0.15) is 23.9 Å². The van der Waals surface area contributed by atoms with Crippen LogP contribution < -0.4 is 9.47 Å². The van der Waals surface area contributed by atoms with Crippen LogP contribution >= 0.6 is 0 Å². The van der Waals surface area contributed by atoms with Gasteiger partial charge in [0.2, 0.25) is 0 Å². The van der Waals surface area contributed by atoms with Gasteiger partial charge in [0.05, 0.1) is 24.8 Å². The van der Waals surface area contributed by atoms with E-state index in [1.165, 1.54) is 12.0 Å². The highest BCUT2D eigenvalue weighted by atomic mass is 16.5. The van der Waals surface area contributed by atoms with Crippen molar-refractivity contribution in [2.45, 2.75) is 19.4 Å². The van der Waals surface area contributed by atoms with Gasteiger partial charge in [-0.25, -0.2) is 0 Å². The molecule has 0 radical (unpaired) electrons. The first-order chi connectivity index (χ1) is 16.0. The second kappa shape index (κ2) is 11.3. The maximum atomic E-state index is 13.0. The number of rotatable bonds is 11. The number of hydrogen-bond acceptors (Lipinski definition) is 6. The SMILES string of the molecule is C=CCOc1cccc(C2C(=C(O)c3ccc(OCCC)cc3)C(=O)C(=O)N2CCOC)c1. The van der Waals surface area contributed by atoms with E-state index in [0.717, 1.165) is 6.42 Å². The van der Waals surface area contributed by atoms with Gasteiger partial charge in [-0.3, -0.25) is 9.59 Å². The standard InChI is InChI=1S/C26H29NO6/c1-4-14-32-20-11-9-18(10-12-20)24(28)22-23(27(13-16-31-3)26(30)25(22)29)19-7-6-8-21(17-19)33-15-5-2/h5-12,17,23,28H,2,4,13-16H2,1,3H3. The van der Waals surface area contributed by atoms with Crippen molar-refractivity contribution >= 4 is 17.4 Å². The number of aliphatic hydroxyl groups is 1. The van der Waals surface area contributed by atoms with Crippen molar-refractivity contribution in [2.75, 3.05) is 33.5 Å². The van der Waals surface area contributed by atoms with Gasteiger partial charge in [-0.2, -0.15) is 0 Å². The highest BCUT2D eigenvalue weighted by molar-refractivity contribution is 6.46. The van der Waals surface area contributed by atoms with Crippen LogP contribution in [-0.4, -0.2) is 55.2 Å². The molecule has 1 fully saturated rings. The number of ketones is 1. The van der Waals surface area contributed by atoms with Crippen LogP contribution in [0.2, 0.25) is 0 Å². The fraction of sp³-hybridized carbons (Fsp3) is 0.308. The number of aliphatic hydroxyl groups excluding tert-OH is 1. The average molecular weight is 452 g/mol. The number of nitrogens with zero attached hydrogens (tertiary/aromatic N) is 1. The normalized spacial score (nSPS) is 17.3. The maximum Gasteiger partial charge on any atom is 0.295 e. The molecule has 2 aromatic carbocycles. The Hall–Kier alpha value is -3.58. The zero-order chi connectivity index (χ0) is 23.8. The van der Waals surface area contributed by atoms with Crippen molar-refractivity contribution in [3.05, 3.63) is 77.9 Å². The molecule has 1 aliphatic heterocycles. The molecular weight excluding hydrogens is 422 g/mol. The van der Waals surface area contributed by atoms with Crippen LogP contribution in [0, 0.1) is 0 Å². The summed E-state index contributed by atoms with van der Waals surface area (Å²) in [5, 5.41) is 11.1. The van der Waals surface area contributed by atoms with Gasteiger partial charge in [-0.15, -0.1) is 0 Å². The van der Waals surface area contributed by atoms with E-state index < -0.39 is 17.7 Å². The number of methoxy groups -OCH3 is 1. The van der Waals surface area contributed by atoms with Gasteiger partial charge in [0.25, 0.3) is 11.7 Å². The Morgan fingerprint density at radius 1 is 1.09 bits per heavy atom. The molecule has 1 heterocycles. The van der Waals surface area contributed by atoms with E-state index in [4.69, 9.17) is 14.2 Å². The summed E-state index contributed by atoms with van der Waals surface area (Å²) in [6, 6.07) is 13.1. The van der Waals surface area contributed by atoms with E-state index >= 15 is 0 Å². The van der Waals surface area contributed by atoms with Gasteiger partial charge < -0.3 is 24.2 Å². The lowest BCUT2D eigenvalue weighted by Gasteiger charge is -2.25. The molecule has 0 aliphatic carbocycles. The van der Waals surface area contributed by atoms with Crippen LogP contribution in [0.1, 0.15) is 30.5 Å². The molecule has 1 atom stereocenters. The second-order valence-electron chi connectivity index (χ2n) is 7.53. The molecule has 0 spiro atoms. The molecule has 1 unspecified atom stereocenters. The predicted octanol–water partition coefficient (Wildman–Crippen LogP) is 4.11. The number of hydrogen-bond donors (Lipinski definition) is 1. The zero-order valence-electron chi connectivity index (χ0n) is 19.0. The van der Waals surface area contributed by atoms with E-state index in [1.54, 1.807) is 54.6 Å². The lowest BCUT2D eigenvalue weighted by Crippen LogP contribution is -2.32. The topological polar surface area (TPSA) is 85.3 Å². The van der Waals surface area contributed by atoms with Crippen LogP contribution in [0.4, 0.5) is 0 Å². The third-order valence-electron chi connectivity index (χ3n) is 5.22. The lowest BCUT2D eigenvalue weighted by atomic mass is 9.95. The van der Waals surface area contributed by atoms with Crippen molar-refractivity contribution in [3.63, 3.8) is 0 Å². The highest BCUT2D eigenvalue weighted by Gasteiger charge is 2.46. The molecule has 7 nitrogen and oxygen atoms in total. The Morgan fingerprint density at radius 3 is 2.52 bits per heavy atom. The van der Waals surface area contributed by atoms with E-state index in [2.05, 4.69) is 6.58 Å². The van der Waals surface area contributed by atoms with Crippen LogP contribution in [0.3, 0.4) is 0 Å². The number of ether oxygens (including phenoxy) is 3. The van der Waals surface area contributed by atoms with Crippen LogP contribution in [0.25, 0.3) is 5.76 Å². The first kappa shape index (κ1) is 24.1. The van der Waals surface area contributed by atoms with Crippen molar-refractivity contribution in [1.29, 1.82) is 0 Å². The quantitative estimate of drug-likeness (QED) is 0.240. The number of likely N-dealkylation sites (tertiary alicyclic amines) is 1. The minimum atomic E-state index is -0.775. The first-order valence-electron chi connectivity index (χ1n) is 10.9. The van der Waals surface area contributed by atoms with E-state index in [-0.39, 0.29) is 24.5 Å². The van der Waals surface area contributed by atoms with Crippen LogP contribution in [-0.2, 0) is 14.3 Å². The van der Waals surface area contributed by atoms with Gasteiger partial charge in [0, 0.05) is 19.2 Å². The maximum absolute atomic E-state index is 13.0. The highest BCUT2D eigenvalue weighted by Crippen LogP contribution is 2.40. The molecule has 33 heavy (non-hydrogen) atoms.